The molecule has 0 bridgehead atoms. The Hall–Kier alpha value is -2.11. The van der Waals surface area contributed by atoms with Gasteiger partial charge in [-0.3, -0.25) is 4.79 Å². The van der Waals surface area contributed by atoms with Crippen molar-refractivity contribution in [3.8, 4) is 0 Å². The van der Waals surface area contributed by atoms with Gasteiger partial charge in [-0.15, -0.1) is 0 Å². The molecule has 1 amide bonds. The molecule has 0 aliphatic rings. The van der Waals surface area contributed by atoms with E-state index in [4.69, 9.17) is 10.8 Å². The van der Waals surface area contributed by atoms with Gasteiger partial charge in [0.15, 0.2) is 0 Å². The summed E-state index contributed by atoms with van der Waals surface area (Å²) in [6, 6.07) is 3.72. The molecule has 0 aliphatic heterocycles. The van der Waals surface area contributed by atoms with E-state index in [-0.39, 0.29) is 24.2 Å². The normalized spacial score (nSPS) is 9.81. The standard InChI is InChI=1S/C10H11FN2O3/c11-7-3-1-2-6(10(15)16)9(7)13-5-4-8(12)14/h1-3,13H,4-5H2,(H2,12,14)(H,15,16). The number of para-hydroxylation sites is 1. The molecule has 0 unspecified atom stereocenters. The summed E-state index contributed by atoms with van der Waals surface area (Å²) in [7, 11) is 0. The van der Waals surface area contributed by atoms with Crippen LogP contribution in [0, 0.1) is 5.82 Å². The van der Waals surface area contributed by atoms with Crippen LogP contribution in [0.3, 0.4) is 0 Å². The van der Waals surface area contributed by atoms with Gasteiger partial charge in [-0.2, -0.15) is 0 Å². The maximum Gasteiger partial charge on any atom is 0.337 e. The fraction of sp³-hybridized carbons (Fsp3) is 0.200. The minimum atomic E-state index is -1.24. The minimum Gasteiger partial charge on any atom is -0.478 e. The largest absolute Gasteiger partial charge is 0.478 e. The van der Waals surface area contributed by atoms with Crippen LogP contribution in [-0.2, 0) is 4.79 Å². The lowest BCUT2D eigenvalue weighted by atomic mass is 10.1. The number of rotatable bonds is 5. The molecule has 5 nitrogen and oxygen atoms in total. The summed E-state index contributed by atoms with van der Waals surface area (Å²) in [5.74, 6) is -2.45. The molecule has 0 radical (unpaired) electrons. The molecule has 0 fully saturated rings. The van der Waals surface area contributed by atoms with Crippen LogP contribution in [0.15, 0.2) is 18.2 Å². The second-order valence-electron chi connectivity index (χ2n) is 3.11. The zero-order valence-electron chi connectivity index (χ0n) is 8.37. The van der Waals surface area contributed by atoms with E-state index in [1.54, 1.807) is 0 Å². The summed E-state index contributed by atoms with van der Waals surface area (Å²) >= 11 is 0. The van der Waals surface area contributed by atoms with Gasteiger partial charge < -0.3 is 16.2 Å². The Morgan fingerprint density at radius 2 is 2.12 bits per heavy atom. The number of hydrogen-bond acceptors (Lipinski definition) is 3. The minimum absolute atomic E-state index is 0.00733. The highest BCUT2D eigenvalue weighted by molar-refractivity contribution is 5.94. The van der Waals surface area contributed by atoms with Crippen LogP contribution < -0.4 is 11.1 Å². The SMILES string of the molecule is NC(=O)CCNc1c(F)cccc1C(=O)O. The molecule has 6 heteroatoms. The van der Waals surface area contributed by atoms with E-state index in [2.05, 4.69) is 5.32 Å². The number of halogens is 1. The molecule has 0 atom stereocenters. The first kappa shape index (κ1) is 12.0. The van der Waals surface area contributed by atoms with Crippen molar-refractivity contribution in [2.75, 3.05) is 11.9 Å². The number of carbonyl (C=O) groups excluding carboxylic acids is 1. The number of carboxylic acids is 1. The third-order valence-electron chi connectivity index (χ3n) is 1.92. The van der Waals surface area contributed by atoms with Crippen LogP contribution >= 0.6 is 0 Å². The highest BCUT2D eigenvalue weighted by atomic mass is 19.1. The van der Waals surface area contributed by atoms with E-state index >= 15 is 0 Å². The van der Waals surface area contributed by atoms with Gasteiger partial charge in [-0.05, 0) is 12.1 Å². The fourth-order valence-corrected chi connectivity index (χ4v) is 1.19. The highest BCUT2D eigenvalue weighted by Gasteiger charge is 2.13. The van der Waals surface area contributed by atoms with E-state index < -0.39 is 17.7 Å². The van der Waals surface area contributed by atoms with Crippen molar-refractivity contribution in [3.05, 3.63) is 29.6 Å². The molecule has 1 rings (SSSR count). The number of benzene rings is 1. The number of nitrogens with two attached hydrogens (primary N) is 1. The van der Waals surface area contributed by atoms with Crippen molar-refractivity contribution in [3.63, 3.8) is 0 Å². The first-order valence-corrected chi connectivity index (χ1v) is 4.56. The lowest BCUT2D eigenvalue weighted by molar-refractivity contribution is -0.117. The fourth-order valence-electron chi connectivity index (χ4n) is 1.19. The summed E-state index contributed by atoms with van der Waals surface area (Å²) in [4.78, 5) is 21.2. The van der Waals surface area contributed by atoms with E-state index in [9.17, 15) is 14.0 Å². The number of carbonyl (C=O) groups is 2. The molecule has 0 spiro atoms. The number of nitrogens with one attached hydrogen (secondary N) is 1. The molecule has 86 valence electrons. The number of primary amides is 1. The second kappa shape index (κ2) is 5.11. The molecule has 0 heterocycles. The number of anilines is 1. The lowest BCUT2D eigenvalue weighted by Crippen LogP contribution is -2.17. The van der Waals surface area contributed by atoms with E-state index in [1.165, 1.54) is 12.1 Å². The monoisotopic (exact) mass is 226 g/mol. The quantitative estimate of drug-likeness (QED) is 0.692. The highest BCUT2D eigenvalue weighted by Crippen LogP contribution is 2.19. The predicted molar refractivity (Wildman–Crippen MR) is 55.7 cm³/mol. The number of carboxylic acid groups (broad SMARTS) is 1. The molecule has 16 heavy (non-hydrogen) atoms. The molecule has 0 aliphatic carbocycles. The van der Waals surface area contributed by atoms with Gasteiger partial charge in [0.2, 0.25) is 5.91 Å². The molecule has 1 aromatic carbocycles. The molecule has 0 saturated heterocycles. The third kappa shape index (κ3) is 2.94. The second-order valence-corrected chi connectivity index (χ2v) is 3.11. The topological polar surface area (TPSA) is 92.4 Å². The van der Waals surface area contributed by atoms with Crippen molar-refractivity contribution in [2.45, 2.75) is 6.42 Å². The smallest absolute Gasteiger partial charge is 0.337 e. The first-order chi connectivity index (χ1) is 7.52. The Labute approximate surface area is 91.1 Å². The van der Waals surface area contributed by atoms with E-state index in [1.807, 2.05) is 0 Å². The van der Waals surface area contributed by atoms with Gasteiger partial charge in [0.25, 0.3) is 0 Å². The van der Waals surface area contributed by atoms with Gasteiger partial charge in [0, 0.05) is 13.0 Å². The van der Waals surface area contributed by atoms with Crippen molar-refractivity contribution >= 4 is 17.6 Å². The van der Waals surface area contributed by atoms with Crippen molar-refractivity contribution < 1.29 is 19.1 Å². The van der Waals surface area contributed by atoms with Gasteiger partial charge in [-0.25, -0.2) is 9.18 Å². The summed E-state index contributed by atoms with van der Waals surface area (Å²) in [5.41, 5.74) is 4.60. The number of amides is 1. The molecule has 0 aromatic heterocycles. The van der Waals surface area contributed by atoms with Crippen LogP contribution in [0.1, 0.15) is 16.8 Å². The number of aromatic carboxylic acids is 1. The number of hydrogen-bond donors (Lipinski definition) is 3. The van der Waals surface area contributed by atoms with Crippen molar-refractivity contribution in [2.24, 2.45) is 5.73 Å². The van der Waals surface area contributed by atoms with Crippen molar-refractivity contribution in [1.82, 2.24) is 0 Å². The third-order valence-corrected chi connectivity index (χ3v) is 1.92. The zero-order chi connectivity index (χ0) is 12.1. The van der Waals surface area contributed by atoms with Crippen LogP contribution in [0.25, 0.3) is 0 Å². The van der Waals surface area contributed by atoms with Crippen LogP contribution in [-0.4, -0.2) is 23.5 Å². The van der Waals surface area contributed by atoms with Crippen LogP contribution in [0.5, 0.6) is 0 Å². The summed E-state index contributed by atoms with van der Waals surface area (Å²) < 4.78 is 13.3. The van der Waals surface area contributed by atoms with E-state index in [0.717, 1.165) is 6.07 Å². The average molecular weight is 226 g/mol. The molecular formula is C10H11FN2O3. The van der Waals surface area contributed by atoms with Crippen LogP contribution in [0.4, 0.5) is 10.1 Å². The Bertz CT molecular complexity index is 421. The summed E-state index contributed by atoms with van der Waals surface area (Å²) in [5, 5.41) is 11.3. The van der Waals surface area contributed by atoms with E-state index in [0.29, 0.717) is 0 Å². The first-order valence-electron chi connectivity index (χ1n) is 4.56. The molecule has 4 N–H and O–H groups in total. The van der Waals surface area contributed by atoms with Crippen LogP contribution in [0.2, 0.25) is 0 Å². The predicted octanol–water partition coefficient (Wildman–Crippen LogP) is 0.811. The molecule has 0 saturated carbocycles. The maximum absolute atomic E-state index is 13.3. The Balaban J connectivity index is 2.84. The lowest BCUT2D eigenvalue weighted by Gasteiger charge is -2.09. The van der Waals surface area contributed by atoms with Crippen molar-refractivity contribution in [1.29, 1.82) is 0 Å². The van der Waals surface area contributed by atoms with Gasteiger partial charge >= 0.3 is 5.97 Å². The zero-order valence-corrected chi connectivity index (χ0v) is 8.37. The molecular weight excluding hydrogens is 215 g/mol. The van der Waals surface area contributed by atoms with Gasteiger partial charge in [0.05, 0.1) is 11.3 Å². The Morgan fingerprint density at radius 3 is 2.69 bits per heavy atom. The van der Waals surface area contributed by atoms with Gasteiger partial charge in [0.1, 0.15) is 5.82 Å². The summed E-state index contributed by atoms with van der Waals surface area (Å²) in [6.07, 6.45) is 0.00733. The molecule has 1 aromatic rings. The Morgan fingerprint density at radius 1 is 1.44 bits per heavy atom. The van der Waals surface area contributed by atoms with Gasteiger partial charge in [-0.1, -0.05) is 6.07 Å². The Kier molecular flexibility index (Phi) is 3.82. The summed E-state index contributed by atoms with van der Waals surface area (Å²) in [6.45, 7) is 0.0938. The maximum atomic E-state index is 13.3. The average Bonchev–Trinajstić information content (AvgIpc) is 2.19.